The highest BCUT2D eigenvalue weighted by Gasteiger charge is 2.13. The third-order valence-corrected chi connectivity index (χ3v) is 2.00. The summed E-state index contributed by atoms with van der Waals surface area (Å²) in [5, 5.41) is 2.78. The molecular weight excluding hydrogens is 216 g/mol. The first-order valence-electron chi connectivity index (χ1n) is 4.68. The van der Waals surface area contributed by atoms with E-state index < -0.39 is 6.04 Å². The normalized spacial score (nSPS) is 12.2. The summed E-state index contributed by atoms with van der Waals surface area (Å²) in [6.45, 7) is 1.96. The fourth-order valence-electron chi connectivity index (χ4n) is 1.04. The zero-order chi connectivity index (χ0) is 11.3. The van der Waals surface area contributed by atoms with Crippen molar-refractivity contribution in [2.24, 2.45) is 5.73 Å². The summed E-state index contributed by atoms with van der Waals surface area (Å²) in [4.78, 5) is 19.1. The van der Waals surface area contributed by atoms with Gasteiger partial charge in [0.15, 0.2) is 0 Å². The number of nitrogens with two attached hydrogens (primary N) is 1. The van der Waals surface area contributed by atoms with Crippen molar-refractivity contribution in [3.05, 3.63) is 17.4 Å². The van der Waals surface area contributed by atoms with Crippen molar-refractivity contribution in [1.29, 1.82) is 0 Å². The van der Waals surface area contributed by atoms with Crippen LogP contribution in [0.25, 0.3) is 0 Å². The van der Waals surface area contributed by atoms with Crippen LogP contribution in [0.4, 0.5) is 5.95 Å². The lowest BCUT2D eigenvalue weighted by Gasteiger charge is -2.09. The van der Waals surface area contributed by atoms with Gasteiger partial charge in [-0.15, -0.1) is 0 Å². The summed E-state index contributed by atoms with van der Waals surface area (Å²) >= 11 is 5.64. The van der Waals surface area contributed by atoms with Crippen LogP contribution in [0.1, 0.15) is 19.8 Å². The predicted molar refractivity (Wildman–Crippen MR) is 58.6 cm³/mol. The monoisotopic (exact) mass is 228 g/mol. The summed E-state index contributed by atoms with van der Waals surface area (Å²) in [5.41, 5.74) is 5.61. The van der Waals surface area contributed by atoms with Gasteiger partial charge in [-0.2, -0.15) is 0 Å². The Balaban J connectivity index is 2.58. The molecule has 1 amide bonds. The largest absolute Gasteiger partial charge is 0.320 e. The average molecular weight is 229 g/mol. The first-order chi connectivity index (χ1) is 7.13. The molecule has 0 spiro atoms. The molecule has 3 N–H and O–H groups in total. The van der Waals surface area contributed by atoms with E-state index in [2.05, 4.69) is 15.3 Å². The second-order valence-corrected chi connectivity index (χ2v) is 3.47. The highest BCUT2D eigenvalue weighted by atomic mass is 35.5. The van der Waals surface area contributed by atoms with Crippen LogP contribution < -0.4 is 11.1 Å². The van der Waals surface area contributed by atoms with Gasteiger partial charge in [0, 0.05) is 6.20 Å². The first-order valence-corrected chi connectivity index (χ1v) is 5.06. The molecule has 1 rings (SSSR count). The van der Waals surface area contributed by atoms with Gasteiger partial charge >= 0.3 is 0 Å². The molecule has 0 saturated heterocycles. The van der Waals surface area contributed by atoms with Gasteiger partial charge < -0.3 is 5.73 Å². The van der Waals surface area contributed by atoms with Crippen LogP contribution >= 0.6 is 11.6 Å². The molecule has 1 heterocycles. The van der Waals surface area contributed by atoms with E-state index >= 15 is 0 Å². The molecule has 0 radical (unpaired) electrons. The third-order valence-electron chi connectivity index (χ3n) is 1.79. The Kier molecular flexibility index (Phi) is 4.45. The van der Waals surface area contributed by atoms with Crippen LogP contribution in [0, 0.1) is 0 Å². The predicted octanol–water partition coefficient (Wildman–Crippen LogP) is 1.20. The Labute approximate surface area is 93.0 Å². The molecule has 6 heteroatoms. The molecule has 1 atom stereocenters. The number of aromatic nitrogens is 2. The van der Waals surface area contributed by atoms with Gasteiger partial charge in [0.25, 0.3) is 0 Å². The average Bonchev–Trinajstić information content (AvgIpc) is 2.18. The smallest absolute Gasteiger partial charge is 0.243 e. The molecule has 82 valence electrons. The number of hydrogen-bond acceptors (Lipinski definition) is 4. The minimum atomic E-state index is -0.530. The summed E-state index contributed by atoms with van der Waals surface area (Å²) < 4.78 is 0. The molecule has 0 fully saturated rings. The van der Waals surface area contributed by atoms with Gasteiger partial charge in [0.2, 0.25) is 11.9 Å². The summed E-state index contributed by atoms with van der Waals surface area (Å²) in [6.07, 6.45) is 2.95. The number of rotatable bonds is 4. The van der Waals surface area contributed by atoms with E-state index in [-0.39, 0.29) is 17.0 Å². The Hall–Kier alpha value is -1.20. The fourth-order valence-corrected chi connectivity index (χ4v) is 1.18. The van der Waals surface area contributed by atoms with Gasteiger partial charge in [-0.3, -0.25) is 10.1 Å². The first kappa shape index (κ1) is 11.9. The van der Waals surface area contributed by atoms with Gasteiger partial charge in [-0.05, 0) is 12.5 Å². The molecule has 0 aromatic carbocycles. The van der Waals surface area contributed by atoms with Crippen molar-refractivity contribution in [3.63, 3.8) is 0 Å². The van der Waals surface area contributed by atoms with Crippen LogP contribution in [0.3, 0.4) is 0 Å². The summed E-state index contributed by atoms with van der Waals surface area (Å²) in [6, 6.07) is 1.00. The Morgan fingerprint density at radius 3 is 3.07 bits per heavy atom. The van der Waals surface area contributed by atoms with E-state index in [1.807, 2.05) is 6.92 Å². The van der Waals surface area contributed by atoms with E-state index in [0.29, 0.717) is 6.42 Å². The molecule has 15 heavy (non-hydrogen) atoms. The topological polar surface area (TPSA) is 80.9 Å². The van der Waals surface area contributed by atoms with Gasteiger partial charge in [0.05, 0.1) is 6.04 Å². The van der Waals surface area contributed by atoms with Crippen LogP contribution in [-0.4, -0.2) is 21.9 Å². The lowest BCUT2D eigenvalue weighted by molar-refractivity contribution is -0.117. The SMILES string of the molecule is CCC[C@H](N)C(=O)Nc1nccc(Cl)n1. The van der Waals surface area contributed by atoms with E-state index in [1.54, 1.807) is 0 Å². The zero-order valence-electron chi connectivity index (χ0n) is 8.40. The highest BCUT2D eigenvalue weighted by Crippen LogP contribution is 2.06. The highest BCUT2D eigenvalue weighted by molar-refractivity contribution is 6.29. The minimum absolute atomic E-state index is 0.180. The van der Waals surface area contributed by atoms with Crippen LogP contribution in [0.2, 0.25) is 5.15 Å². The maximum atomic E-state index is 11.5. The molecular formula is C9H13ClN4O. The van der Waals surface area contributed by atoms with Crippen molar-refractivity contribution >= 4 is 23.5 Å². The third kappa shape index (κ3) is 3.81. The number of halogens is 1. The molecule has 0 unspecified atom stereocenters. The number of hydrogen-bond donors (Lipinski definition) is 2. The molecule has 1 aromatic heterocycles. The molecule has 1 aromatic rings. The molecule has 0 aliphatic rings. The number of nitrogens with zero attached hydrogens (tertiary/aromatic N) is 2. The van der Waals surface area contributed by atoms with Crippen LogP contribution in [0.15, 0.2) is 12.3 Å². The van der Waals surface area contributed by atoms with Gasteiger partial charge in [-0.25, -0.2) is 9.97 Å². The lowest BCUT2D eigenvalue weighted by atomic mass is 10.2. The van der Waals surface area contributed by atoms with Gasteiger partial charge in [-0.1, -0.05) is 24.9 Å². The number of nitrogens with one attached hydrogen (secondary N) is 1. The van der Waals surface area contributed by atoms with E-state index in [1.165, 1.54) is 12.3 Å². The van der Waals surface area contributed by atoms with E-state index in [0.717, 1.165) is 6.42 Å². The van der Waals surface area contributed by atoms with E-state index in [4.69, 9.17) is 17.3 Å². The molecule has 0 bridgehead atoms. The van der Waals surface area contributed by atoms with Crippen molar-refractivity contribution < 1.29 is 4.79 Å². The number of carbonyl (C=O) groups excluding carboxylic acids is 1. The Morgan fingerprint density at radius 1 is 1.73 bits per heavy atom. The number of amides is 1. The quantitative estimate of drug-likeness (QED) is 0.759. The van der Waals surface area contributed by atoms with Crippen LogP contribution in [0.5, 0.6) is 0 Å². The molecule has 0 saturated carbocycles. The maximum Gasteiger partial charge on any atom is 0.243 e. The van der Waals surface area contributed by atoms with Crippen LogP contribution in [-0.2, 0) is 4.79 Å². The van der Waals surface area contributed by atoms with Crippen molar-refractivity contribution in [3.8, 4) is 0 Å². The second kappa shape index (κ2) is 5.63. The summed E-state index contributed by atoms with van der Waals surface area (Å²) in [7, 11) is 0. The van der Waals surface area contributed by atoms with Crippen molar-refractivity contribution in [2.45, 2.75) is 25.8 Å². The Bertz CT molecular complexity index is 345. The fraction of sp³-hybridized carbons (Fsp3) is 0.444. The maximum absolute atomic E-state index is 11.5. The van der Waals surface area contributed by atoms with E-state index in [9.17, 15) is 4.79 Å². The molecule has 0 aliphatic carbocycles. The molecule has 5 nitrogen and oxygen atoms in total. The van der Waals surface area contributed by atoms with Crippen molar-refractivity contribution in [2.75, 3.05) is 5.32 Å². The standard InChI is InChI=1S/C9H13ClN4O/c1-2-3-6(11)8(15)14-9-12-5-4-7(10)13-9/h4-6H,2-3,11H2,1H3,(H,12,13,14,15)/t6-/m0/s1. The number of anilines is 1. The lowest BCUT2D eigenvalue weighted by Crippen LogP contribution is -2.35. The number of carbonyl (C=O) groups is 1. The molecule has 0 aliphatic heterocycles. The summed E-state index contributed by atoms with van der Waals surface area (Å²) in [5.74, 6) is -0.113. The Morgan fingerprint density at radius 2 is 2.47 bits per heavy atom. The minimum Gasteiger partial charge on any atom is -0.320 e. The van der Waals surface area contributed by atoms with Crippen molar-refractivity contribution in [1.82, 2.24) is 9.97 Å². The zero-order valence-corrected chi connectivity index (χ0v) is 9.16. The second-order valence-electron chi connectivity index (χ2n) is 3.09. The van der Waals surface area contributed by atoms with Gasteiger partial charge in [0.1, 0.15) is 5.15 Å².